The summed E-state index contributed by atoms with van der Waals surface area (Å²) in [7, 11) is 0. The Labute approximate surface area is 232 Å². The number of benzene rings is 3. The molecule has 0 saturated carbocycles. The molecule has 0 unspecified atom stereocenters. The summed E-state index contributed by atoms with van der Waals surface area (Å²) in [6.45, 7) is 6.26. The van der Waals surface area contributed by atoms with Crippen molar-refractivity contribution in [3.05, 3.63) is 83.9 Å². The summed E-state index contributed by atoms with van der Waals surface area (Å²) >= 11 is 0. The quantitative estimate of drug-likeness (QED) is 0.155. The van der Waals surface area contributed by atoms with Gasteiger partial charge in [-0.2, -0.15) is 5.26 Å². The third kappa shape index (κ3) is 9.11. The average molecular weight is 526 g/mol. The van der Waals surface area contributed by atoms with Crippen LogP contribution in [0, 0.1) is 17.2 Å². The van der Waals surface area contributed by atoms with Crippen LogP contribution in [0.15, 0.2) is 72.8 Å². The van der Waals surface area contributed by atoms with Gasteiger partial charge >= 0.3 is 11.9 Å². The summed E-state index contributed by atoms with van der Waals surface area (Å²) in [4.78, 5) is 24.8. The minimum Gasteiger partial charge on any atom is -0.461 e. The van der Waals surface area contributed by atoms with Gasteiger partial charge in [-0.3, -0.25) is 0 Å². The normalized spacial score (nSPS) is 12.3. The molecule has 0 fully saturated rings. The predicted molar refractivity (Wildman–Crippen MR) is 155 cm³/mol. The largest absolute Gasteiger partial charge is 0.461 e. The van der Waals surface area contributed by atoms with Crippen molar-refractivity contribution in [1.82, 2.24) is 0 Å². The molecule has 39 heavy (non-hydrogen) atoms. The van der Waals surface area contributed by atoms with Crippen LogP contribution in [0.5, 0.6) is 0 Å². The minimum absolute atomic E-state index is 0.0806. The molecule has 0 aromatic heterocycles. The van der Waals surface area contributed by atoms with Crippen molar-refractivity contribution >= 4 is 11.9 Å². The number of nitriles is 1. The van der Waals surface area contributed by atoms with E-state index in [0.717, 1.165) is 41.5 Å². The molecule has 3 aromatic rings. The fourth-order valence-corrected chi connectivity index (χ4v) is 4.41. The van der Waals surface area contributed by atoms with Gasteiger partial charge in [-0.15, -0.1) is 0 Å². The minimum atomic E-state index is -0.415. The summed E-state index contributed by atoms with van der Waals surface area (Å²) in [5, 5.41) is 9.13. The lowest BCUT2D eigenvalue weighted by molar-refractivity contribution is 0.0319. The molecule has 5 nitrogen and oxygen atoms in total. The molecule has 3 rings (SSSR count). The van der Waals surface area contributed by atoms with E-state index < -0.39 is 5.97 Å². The van der Waals surface area contributed by atoms with E-state index in [1.54, 1.807) is 12.1 Å². The third-order valence-electron chi connectivity index (χ3n) is 6.80. The van der Waals surface area contributed by atoms with E-state index >= 15 is 0 Å². The molecule has 0 bridgehead atoms. The SMILES string of the molecule is CCCCCC[C@@H](C)OC(=O)c1ccc(-c2ccc(-c3ccc(C(=O)OC[C@@H](C#N)CCC)cc3)cc2)cc1. The monoisotopic (exact) mass is 525 g/mol. The maximum atomic E-state index is 12.5. The van der Waals surface area contributed by atoms with Crippen LogP contribution in [-0.4, -0.2) is 24.6 Å². The van der Waals surface area contributed by atoms with Gasteiger partial charge in [0.25, 0.3) is 0 Å². The summed E-state index contributed by atoms with van der Waals surface area (Å²) in [5.74, 6) is -0.962. The van der Waals surface area contributed by atoms with Crippen LogP contribution in [0.1, 0.15) is 86.4 Å². The van der Waals surface area contributed by atoms with Crippen LogP contribution in [0.2, 0.25) is 0 Å². The zero-order valence-electron chi connectivity index (χ0n) is 23.3. The Morgan fingerprint density at radius 1 is 0.692 bits per heavy atom. The Bertz CT molecular complexity index is 1220. The molecule has 0 aliphatic carbocycles. The molecule has 0 radical (unpaired) electrons. The number of nitrogens with zero attached hydrogens (tertiary/aromatic N) is 1. The zero-order valence-corrected chi connectivity index (χ0v) is 23.3. The third-order valence-corrected chi connectivity index (χ3v) is 6.80. The Balaban J connectivity index is 1.56. The maximum absolute atomic E-state index is 12.5. The van der Waals surface area contributed by atoms with E-state index in [0.29, 0.717) is 17.5 Å². The van der Waals surface area contributed by atoms with Gasteiger partial charge in [0.2, 0.25) is 0 Å². The Morgan fingerprint density at radius 2 is 1.18 bits per heavy atom. The molecule has 0 spiro atoms. The van der Waals surface area contributed by atoms with Crippen molar-refractivity contribution in [2.75, 3.05) is 6.61 Å². The molecule has 0 aliphatic heterocycles. The van der Waals surface area contributed by atoms with Crippen LogP contribution >= 0.6 is 0 Å². The first-order chi connectivity index (χ1) is 18.9. The van der Waals surface area contributed by atoms with E-state index in [-0.39, 0.29) is 24.6 Å². The van der Waals surface area contributed by atoms with Gasteiger partial charge in [0.15, 0.2) is 0 Å². The molecule has 0 N–H and O–H groups in total. The second-order valence-corrected chi connectivity index (χ2v) is 10.0. The molecule has 204 valence electrons. The van der Waals surface area contributed by atoms with Crippen LogP contribution in [0.4, 0.5) is 0 Å². The Hall–Kier alpha value is -3.91. The van der Waals surface area contributed by atoms with Gasteiger partial charge in [0.05, 0.1) is 29.2 Å². The highest BCUT2D eigenvalue weighted by atomic mass is 16.5. The highest BCUT2D eigenvalue weighted by Crippen LogP contribution is 2.26. The van der Waals surface area contributed by atoms with Crippen molar-refractivity contribution in [2.45, 2.75) is 71.8 Å². The van der Waals surface area contributed by atoms with Gasteiger partial charge in [-0.1, -0.05) is 88.1 Å². The van der Waals surface area contributed by atoms with Crippen molar-refractivity contribution in [3.8, 4) is 28.3 Å². The second-order valence-electron chi connectivity index (χ2n) is 10.0. The van der Waals surface area contributed by atoms with Crippen LogP contribution < -0.4 is 0 Å². The standard InChI is InChI=1S/C34H39NO4/c1-4-6-7-8-10-25(3)39-34(37)32-21-17-30(18-22-32)28-13-11-27(12-14-28)29-15-19-31(20-16-29)33(36)38-24-26(23-35)9-5-2/h11-22,25-26H,4-10,24H2,1-3H3/t25-,26-/m1/s1. The lowest BCUT2D eigenvalue weighted by Crippen LogP contribution is -2.15. The van der Waals surface area contributed by atoms with E-state index in [2.05, 4.69) is 13.0 Å². The Kier molecular flexibility index (Phi) is 11.8. The highest BCUT2D eigenvalue weighted by molar-refractivity contribution is 5.91. The summed E-state index contributed by atoms with van der Waals surface area (Å²) < 4.78 is 10.9. The van der Waals surface area contributed by atoms with Crippen molar-refractivity contribution in [1.29, 1.82) is 5.26 Å². The van der Waals surface area contributed by atoms with Gasteiger partial charge < -0.3 is 9.47 Å². The van der Waals surface area contributed by atoms with E-state index in [1.807, 2.05) is 74.5 Å². The molecule has 2 atom stereocenters. The van der Waals surface area contributed by atoms with Gasteiger partial charge in [-0.05, 0) is 72.7 Å². The smallest absolute Gasteiger partial charge is 0.338 e. The van der Waals surface area contributed by atoms with Gasteiger partial charge in [0, 0.05) is 0 Å². The zero-order chi connectivity index (χ0) is 28.0. The second kappa shape index (κ2) is 15.5. The van der Waals surface area contributed by atoms with Gasteiger partial charge in [-0.25, -0.2) is 9.59 Å². The first-order valence-electron chi connectivity index (χ1n) is 14.0. The number of esters is 2. The number of hydrogen-bond donors (Lipinski definition) is 0. The van der Waals surface area contributed by atoms with E-state index in [4.69, 9.17) is 14.7 Å². The number of hydrogen-bond acceptors (Lipinski definition) is 5. The number of carbonyl (C=O) groups excluding carboxylic acids is 2. The summed E-state index contributed by atoms with van der Waals surface area (Å²) in [6, 6.07) is 25.1. The molecule has 3 aromatic carbocycles. The molecule has 0 heterocycles. The van der Waals surface area contributed by atoms with Crippen molar-refractivity contribution in [2.24, 2.45) is 5.92 Å². The number of ether oxygens (including phenoxy) is 2. The molecule has 0 aliphatic rings. The van der Waals surface area contributed by atoms with Crippen molar-refractivity contribution in [3.63, 3.8) is 0 Å². The fourth-order valence-electron chi connectivity index (χ4n) is 4.41. The maximum Gasteiger partial charge on any atom is 0.338 e. The fraction of sp³-hybridized carbons (Fsp3) is 0.382. The summed E-state index contributed by atoms with van der Waals surface area (Å²) in [6.07, 6.45) is 7.08. The number of carbonyl (C=O) groups is 2. The predicted octanol–water partition coefficient (Wildman–Crippen LogP) is 8.63. The molecule has 0 saturated heterocycles. The topological polar surface area (TPSA) is 76.4 Å². The molecule has 5 heteroatoms. The molecular weight excluding hydrogens is 486 g/mol. The van der Waals surface area contributed by atoms with E-state index in [1.165, 1.54) is 19.3 Å². The van der Waals surface area contributed by atoms with Crippen LogP contribution in [0.3, 0.4) is 0 Å². The first kappa shape index (κ1) is 29.6. The number of rotatable bonds is 14. The highest BCUT2D eigenvalue weighted by Gasteiger charge is 2.14. The van der Waals surface area contributed by atoms with Crippen LogP contribution in [0.25, 0.3) is 22.3 Å². The molecular formula is C34H39NO4. The van der Waals surface area contributed by atoms with E-state index in [9.17, 15) is 9.59 Å². The first-order valence-corrected chi connectivity index (χ1v) is 14.0. The van der Waals surface area contributed by atoms with Gasteiger partial charge in [0.1, 0.15) is 6.61 Å². The lowest BCUT2D eigenvalue weighted by Gasteiger charge is -2.13. The number of unbranched alkanes of at least 4 members (excludes halogenated alkanes) is 3. The van der Waals surface area contributed by atoms with Crippen molar-refractivity contribution < 1.29 is 19.1 Å². The van der Waals surface area contributed by atoms with Crippen LogP contribution in [-0.2, 0) is 9.47 Å². The molecule has 0 amide bonds. The lowest BCUT2D eigenvalue weighted by atomic mass is 9.99. The Morgan fingerprint density at radius 3 is 1.64 bits per heavy atom. The average Bonchev–Trinajstić information content (AvgIpc) is 2.97. The summed E-state index contributed by atoms with van der Waals surface area (Å²) in [5.41, 5.74) is 5.10.